The van der Waals surface area contributed by atoms with Crippen LogP contribution in [-0.4, -0.2) is 36.2 Å². The van der Waals surface area contributed by atoms with E-state index in [-0.39, 0.29) is 5.91 Å². The molecule has 4 aromatic rings. The number of benzene rings is 3. The number of carbonyl (C=O) groups excluding carboxylic acids is 2. The van der Waals surface area contributed by atoms with E-state index in [0.717, 1.165) is 45.7 Å². The Balaban J connectivity index is 1.60. The van der Waals surface area contributed by atoms with E-state index in [0.29, 0.717) is 17.0 Å². The maximum atomic E-state index is 13.2. The molecule has 0 aliphatic carbocycles. The summed E-state index contributed by atoms with van der Waals surface area (Å²) in [5.41, 5.74) is 7.88. The molecule has 1 amide bonds. The summed E-state index contributed by atoms with van der Waals surface area (Å²) in [6, 6.07) is 19.1. The molecule has 1 unspecified atom stereocenters. The van der Waals surface area contributed by atoms with Crippen molar-refractivity contribution in [1.29, 1.82) is 0 Å². The first-order valence-corrected chi connectivity index (χ1v) is 12.2. The number of aliphatic imine (C=N–C) groups is 1. The van der Waals surface area contributed by atoms with Crippen molar-refractivity contribution in [2.24, 2.45) is 4.99 Å². The van der Waals surface area contributed by atoms with E-state index in [9.17, 15) is 9.59 Å². The van der Waals surface area contributed by atoms with Crippen LogP contribution in [0.25, 0.3) is 10.2 Å². The molecule has 3 aromatic carbocycles. The van der Waals surface area contributed by atoms with Crippen LogP contribution in [-0.2, 0) is 16.1 Å². The van der Waals surface area contributed by atoms with E-state index in [2.05, 4.69) is 22.5 Å². The molecule has 0 radical (unpaired) electrons. The van der Waals surface area contributed by atoms with Crippen LogP contribution in [0.1, 0.15) is 39.9 Å². The van der Waals surface area contributed by atoms with Gasteiger partial charge >= 0.3 is 5.97 Å². The van der Waals surface area contributed by atoms with Crippen molar-refractivity contribution >= 4 is 50.5 Å². The van der Waals surface area contributed by atoms with Crippen molar-refractivity contribution < 1.29 is 14.3 Å². The van der Waals surface area contributed by atoms with Gasteiger partial charge in [-0.15, -0.1) is 11.3 Å². The number of ether oxygens (including phenoxy) is 1. The zero-order valence-corrected chi connectivity index (χ0v) is 20.2. The van der Waals surface area contributed by atoms with Gasteiger partial charge in [0.1, 0.15) is 5.92 Å². The van der Waals surface area contributed by atoms with Crippen LogP contribution in [0.5, 0.6) is 0 Å². The quantitative estimate of drug-likeness (QED) is 0.283. The number of carbonyl (C=O) groups is 2. The van der Waals surface area contributed by atoms with Crippen LogP contribution < -0.4 is 10.6 Å². The van der Waals surface area contributed by atoms with Crippen molar-refractivity contribution in [2.75, 3.05) is 19.0 Å². The fraction of sp³-hybridized carbons (Fsp3) is 0.185. The van der Waals surface area contributed by atoms with E-state index in [4.69, 9.17) is 9.73 Å². The highest BCUT2D eigenvalue weighted by molar-refractivity contribution is 7.16. The molecule has 35 heavy (non-hydrogen) atoms. The fourth-order valence-electron chi connectivity index (χ4n) is 4.19. The van der Waals surface area contributed by atoms with Crippen LogP contribution in [0.15, 0.2) is 71.2 Å². The lowest BCUT2D eigenvalue weighted by molar-refractivity contribution is -0.115. The molecule has 5 rings (SSSR count). The predicted octanol–water partition coefficient (Wildman–Crippen LogP) is 5.05. The lowest BCUT2D eigenvalue weighted by atomic mass is 9.90. The number of hydrogen-bond donors (Lipinski definition) is 2. The number of nitrogens with zero attached hydrogens (tertiary/aromatic N) is 2. The molecular weight excluding hydrogens is 460 g/mol. The summed E-state index contributed by atoms with van der Waals surface area (Å²) in [6.45, 7) is 3.76. The van der Waals surface area contributed by atoms with E-state index in [1.165, 1.54) is 7.11 Å². The number of aromatic nitrogens is 1. The van der Waals surface area contributed by atoms with Gasteiger partial charge in [-0.3, -0.25) is 9.79 Å². The van der Waals surface area contributed by atoms with Gasteiger partial charge in [0.15, 0.2) is 0 Å². The Kier molecular flexibility index (Phi) is 6.39. The van der Waals surface area contributed by atoms with Gasteiger partial charge in [0.05, 0.1) is 39.8 Å². The van der Waals surface area contributed by atoms with Crippen LogP contribution in [0.2, 0.25) is 0 Å². The third-order valence-corrected chi connectivity index (χ3v) is 6.76. The summed E-state index contributed by atoms with van der Waals surface area (Å²) in [5.74, 6) is -1.26. The lowest BCUT2D eigenvalue weighted by Gasteiger charge is -2.14. The summed E-state index contributed by atoms with van der Waals surface area (Å²) in [5, 5.41) is 6.24. The Bertz CT molecular complexity index is 1440. The molecule has 1 aliphatic heterocycles. The highest BCUT2D eigenvalue weighted by Gasteiger charge is 2.36. The van der Waals surface area contributed by atoms with Gasteiger partial charge in [-0.05, 0) is 59.6 Å². The minimum Gasteiger partial charge on any atom is -0.465 e. The highest BCUT2D eigenvalue weighted by atomic mass is 32.1. The maximum Gasteiger partial charge on any atom is 0.337 e. The van der Waals surface area contributed by atoms with Crippen molar-refractivity contribution in [3.63, 3.8) is 0 Å². The Morgan fingerprint density at radius 1 is 1.11 bits per heavy atom. The normalized spacial score (nSPS) is 15.2. The van der Waals surface area contributed by atoms with Gasteiger partial charge in [0.25, 0.3) is 0 Å². The third kappa shape index (κ3) is 4.58. The van der Waals surface area contributed by atoms with Gasteiger partial charge in [0.2, 0.25) is 5.91 Å². The van der Waals surface area contributed by atoms with E-state index in [1.807, 2.05) is 42.5 Å². The van der Waals surface area contributed by atoms with Crippen LogP contribution in [0.3, 0.4) is 0 Å². The van der Waals surface area contributed by atoms with Crippen molar-refractivity contribution in [3.8, 4) is 0 Å². The molecule has 0 saturated carbocycles. The van der Waals surface area contributed by atoms with Gasteiger partial charge in [-0.2, -0.15) is 0 Å². The first-order chi connectivity index (χ1) is 17.1. The second-order valence-electron chi connectivity index (χ2n) is 8.19. The van der Waals surface area contributed by atoms with Crippen molar-refractivity contribution in [3.05, 3.63) is 88.4 Å². The van der Waals surface area contributed by atoms with E-state index >= 15 is 0 Å². The average molecular weight is 485 g/mol. The summed E-state index contributed by atoms with van der Waals surface area (Å²) >= 11 is 1.55. The predicted molar refractivity (Wildman–Crippen MR) is 139 cm³/mol. The van der Waals surface area contributed by atoms with Crippen molar-refractivity contribution in [2.45, 2.75) is 19.4 Å². The largest absolute Gasteiger partial charge is 0.465 e. The number of anilines is 1. The minimum atomic E-state index is -0.622. The first kappa shape index (κ1) is 22.9. The smallest absolute Gasteiger partial charge is 0.337 e. The molecule has 8 heteroatoms. The first-order valence-electron chi connectivity index (χ1n) is 11.3. The number of amides is 1. The lowest BCUT2D eigenvalue weighted by Crippen LogP contribution is -2.22. The Hall–Kier alpha value is -3.88. The summed E-state index contributed by atoms with van der Waals surface area (Å²) in [4.78, 5) is 34.6. The fourth-order valence-corrected chi connectivity index (χ4v) is 4.90. The molecule has 0 spiro atoms. The topological polar surface area (TPSA) is 92.7 Å². The Morgan fingerprint density at radius 2 is 1.91 bits per heavy atom. The standard InChI is InChI=1S/C27H24N4O3S/c1-3-28-14-16-4-8-19(9-5-16)30-25(17-7-11-21-23(13-17)35-15-29-21)24-20-10-6-18(27(33)34-2)12-22(20)31-26(24)32/h4-13,15,24,28H,3,14H2,1-2H3,(H,31,32). The second-order valence-corrected chi connectivity index (χ2v) is 9.08. The number of thiazole rings is 1. The average Bonchev–Trinajstić information content (AvgIpc) is 3.48. The van der Waals surface area contributed by atoms with Gasteiger partial charge < -0.3 is 15.4 Å². The zero-order valence-electron chi connectivity index (χ0n) is 19.4. The number of rotatable bonds is 7. The van der Waals surface area contributed by atoms with Gasteiger partial charge in [-0.1, -0.05) is 31.2 Å². The summed E-state index contributed by atoms with van der Waals surface area (Å²) < 4.78 is 5.85. The molecule has 0 bridgehead atoms. The van der Waals surface area contributed by atoms with E-state index in [1.54, 1.807) is 35.0 Å². The molecule has 1 aromatic heterocycles. The highest BCUT2D eigenvalue weighted by Crippen LogP contribution is 2.37. The molecule has 176 valence electrons. The maximum absolute atomic E-state index is 13.2. The molecule has 7 nitrogen and oxygen atoms in total. The molecule has 1 aliphatic rings. The summed E-state index contributed by atoms with van der Waals surface area (Å²) in [6.07, 6.45) is 0. The van der Waals surface area contributed by atoms with Gasteiger partial charge in [0, 0.05) is 12.2 Å². The second kappa shape index (κ2) is 9.77. The molecule has 2 N–H and O–H groups in total. The van der Waals surface area contributed by atoms with Crippen LogP contribution in [0.4, 0.5) is 11.4 Å². The molecule has 0 fully saturated rings. The number of hydrogen-bond acceptors (Lipinski definition) is 7. The zero-order chi connectivity index (χ0) is 24.4. The number of nitrogens with one attached hydrogen (secondary N) is 2. The Morgan fingerprint density at radius 3 is 2.69 bits per heavy atom. The number of esters is 1. The summed E-state index contributed by atoms with van der Waals surface area (Å²) in [7, 11) is 1.33. The third-order valence-electron chi connectivity index (χ3n) is 5.97. The number of fused-ring (bicyclic) bond motifs is 2. The molecule has 1 atom stereocenters. The molecule has 0 saturated heterocycles. The van der Waals surface area contributed by atoms with Crippen LogP contribution >= 0.6 is 11.3 Å². The van der Waals surface area contributed by atoms with Crippen LogP contribution in [0, 0.1) is 0 Å². The molecule has 2 heterocycles. The monoisotopic (exact) mass is 484 g/mol. The van der Waals surface area contributed by atoms with Crippen molar-refractivity contribution in [1.82, 2.24) is 10.3 Å². The Labute approximate surface area is 206 Å². The molecular formula is C27H24N4O3S. The van der Waals surface area contributed by atoms with E-state index < -0.39 is 11.9 Å². The SMILES string of the molecule is CCNCc1ccc(N=C(c2ccc3ncsc3c2)C2C(=O)Nc3cc(C(=O)OC)ccc32)cc1. The minimum absolute atomic E-state index is 0.186. The van der Waals surface area contributed by atoms with Gasteiger partial charge in [-0.25, -0.2) is 9.78 Å². The number of methoxy groups -OCH3 is 1.